The van der Waals surface area contributed by atoms with E-state index in [-0.39, 0.29) is 0 Å². The summed E-state index contributed by atoms with van der Waals surface area (Å²) in [7, 11) is -3.11. The number of nitrogens with zero attached hydrogens (tertiary/aromatic N) is 2. The molecule has 0 bridgehead atoms. The van der Waals surface area contributed by atoms with Crippen molar-refractivity contribution < 1.29 is 13.2 Å². The Bertz CT molecular complexity index is 1060. The minimum Gasteiger partial charge on any atom is -0.431 e. The number of fused-ring (bicyclic) bond motifs is 1. The van der Waals surface area contributed by atoms with Crippen molar-refractivity contribution in [3.63, 3.8) is 0 Å². The zero-order chi connectivity index (χ0) is 21.7. The first-order valence-electron chi connectivity index (χ1n) is 10.7. The van der Waals surface area contributed by atoms with Crippen molar-refractivity contribution in [1.29, 1.82) is 0 Å². The summed E-state index contributed by atoms with van der Waals surface area (Å²) >= 11 is 1.55. The Morgan fingerprint density at radius 1 is 1.13 bits per heavy atom. The van der Waals surface area contributed by atoms with Crippen molar-refractivity contribution >= 4 is 31.6 Å². The number of para-hydroxylation sites is 1. The molecule has 1 aromatic heterocycles. The van der Waals surface area contributed by atoms with E-state index in [9.17, 15) is 8.42 Å². The number of rotatable bonds is 12. The zero-order valence-electron chi connectivity index (χ0n) is 17.8. The lowest BCUT2D eigenvalue weighted by Crippen LogP contribution is -2.32. The third kappa shape index (κ3) is 7.28. The molecule has 2 aromatic carbocycles. The molecule has 0 atom stereocenters. The van der Waals surface area contributed by atoms with Gasteiger partial charge in [0.1, 0.15) is 5.75 Å². The van der Waals surface area contributed by atoms with Gasteiger partial charge in [-0.05, 0) is 68.0 Å². The summed E-state index contributed by atoms with van der Waals surface area (Å²) in [5, 5.41) is 0.660. The van der Waals surface area contributed by atoms with Gasteiger partial charge in [0.2, 0.25) is 10.0 Å². The number of hydrogen-bond acceptors (Lipinski definition) is 6. The molecule has 0 spiro atoms. The smallest absolute Gasteiger partial charge is 0.279 e. The van der Waals surface area contributed by atoms with E-state index in [1.165, 1.54) is 24.7 Å². The van der Waals surface area contributed by atoms with Gasteiger partial charge in [-0.15, -0.1) is 0 Å². The molecule has 4 rings (SSSR count). The highest BCUT2D eigenvalue weighted by molar-refractivity contribution is 7.88. The first kappa shape index (κ1) is 22.2. The molecule has 31 heavy (non-hydrogen) atoms. The summed E-state index contributed by atoms with van der Waals surface area (Å²) < 4.78 is 32.1. The standard InChI is InChI=1S/C23H29N3O3S2/c1-31(27,28)24-14-4-15-26(17-19-7-8-19)16-13-18-9-11-20(12-10-18)29-23-25-21-5-2-3-6-22(21)30-23/h2-3,5-6,9-12,19,24H,4,7-8,13-17H2,1H3. The Morgan fingerprint density at radius 2 is 1.90 bits per heavy atom. The summed E-state index contributed by atoms with van der Waals surface area (Å²) in [6.07, 6.45) is 5.63. The molecule has 1 saturated carbocycles. The molecule has 0 unspecified atom stereocenters. The molecule has 0 aliphatic heterocycles. The van der Waals surface area contributed by atoms with E-state index >= 15 is 0 Å². The molecule has 0 saturated heterocycles. The van der Waals surface area contributed by atoms with Crippen LogP contribution < -0.4 is 9.46 Å². The second kappa shape index (κ2) is 10.1. The second-order valence-corrected chi connectivity index (χ2v) is 11.0. The fraction of sp³-hybridized carbons (Fsp3) is 0.435. The van der Waals surface area contributed by atoms with Crippen molar-refractivity contribution in [3.8, 4) is 10.9 Å². The Hall–Kier alpha value is -2.00. The number of sulfonamides is 1. The monoisotopic (exact) mass is 459 g/mol. The summed E-state index contributed by atoms with van der Waals surface area (Å²) in [6, 6.07) is 16.3. The lowest BCUT2D eigenvalue weighted by molar-refractivity contribution is 0.263. The van der Waals surface area contributed by atoms with Crippen molar-refractivity contribution in [2.45, 2.75) is 25.7 Å². The molecule has 0 radical (unpaired) electrons. The zero-order valence-corrected chi connectivity index (χ0v) is 19.4. The number of nitrogens with one attached hydrogen (secondary N) is 1. The molecular formula is C23H29N3O3S2. The molecule has 166 valence electrons. The molecule has 1 aliphatic carbocycles. The fourth-order valence-electron chi connectivity index (χ4n) is 3.53. The van der Waals surface area contributed by atoms with Crippen molar-refractivity contribution in [3.05, 3.63) is 54.1 Å². The van der Waals surface area contributed by atoms with Gasteiger partial charge < -0.3 is 9.64 Å². The van der Waals surface area contributed by atoms with E-state index in [0.717, 1.165) is 54.4 Å². The molecule has 1 fully saturated rings. The second-order valence-electron chi connectivity index (χ2n) is 8.21. The molecule has 3 aromatic rings. The lowest BCUT2D eigenvalue weighted by atomic mass is 10.1. The van der Waals surface area contributed by atoms with Crippen LogP contribution in [-0.2, 0) is 16.4 Å². The molecule has 0 amide bonds. The Labute approximate surface area is 188 Å². The minimum absolute atomic E-state index is 0.498. The van der Waals surface area contributed by atoms with E-state index in [0.29, 0.717) is 11.7 Å². The van der Waals surface area contributed by atoms with Crippen LogP contribution in [0.3, 0.4) is 0 Å². The van der Waals surface area contributed by atoms with Crippen molar-refractivity contribution in [2.24, 2.45) is 5.92 Å². The van der Waals surface area contributed by atoms with Gasteiger partial charge in [0.25, 0.3) is 5.19 Å². The summed E-state index contributed by atoms with van der Waals surface area (Å²) in [4.78, 5) is 6.99. The fourth-order valence-corrected chi connectivity index (χ4v) is 4.88. The largest absolute Gasteiger partial charge is 0.431 e. The SMILES string of the molecule is CS(=O)(=O)NCCCN(CCc1ccc(Oc2nc3ccccc3s2)cc1)CC1CC1. The minimum atomic E-state index is -3.11. The van der Waals surface area contributed by atoms with Gasteiger partial charge in [-0.25, -0.2) is 18.1 Å². The average Bonchev–Trinajstić information content (AvgIpc) is 3.46. The maximum absolute atomic E-state index is 11.2. The van der Waals surface area contributed by atoms with E-state index in [1.54, 1.807) is 11.3 Å². The van der Waals surface area contributed by atoms with Gasteiger partial charge in [-0.1, -0.05) is 35.6 Å². The average molecular weight is 460 g/mol. The predicted molar refractivity (Wildman–Crippen MR) is 126 cm³/mol. The number of hydrogen-bond donors (Lipinski definition) is 1. The third-order valence-electron chi connectivity index (χ3n) is 5.35. The van der Waals surface area contributed by atoms with Crippen LogP contribution in [-0.4, -0.2) is 50.7 Å². The molecule has 1 aliphatic rings. The van der Waals surface area contributed by atoms with Gasteiger partial charge in [0.05, 0.1) is 16.5 Å². The van der Waals surface area contributed by atoms with Crippen LogP contribution in [0.2, 0.25) is 0 Å². The van der Waals surface area contributed by atoms with Gasteiger partial charge >= 0.3 is 0 Å². The van der Waals surface area contributed by atoms with Gasteiger partial charge in [0, 0.05) is 19.6 Å². The molecule has 6 nitrogen and oxygen atoms in total. The molecule has 1 heterocycles. The number of thiazole rings is 1. The molecular weight excluding hydrogens is 430 g/mol. The Balaban J connectivity index is 1.27. The van der Waals surface area contributed by atoms with E-state index < -0.39 is 10.0 Å². The number of aromatic nitrogens is 1. The van der Waals surface area contributed by atoms with Crippen molar-refractivity contribution in [1.82, 2.24) is 14.6 Å². The van der Waals surface area contributed by atoms with Gasteiger partial charge in [0.15, 0.2) is 0 Å². The Kier molecular flexibility index (Phi) is 7.22. The highest BCUT2D eigenvalue weighted by atomic mass is 32.2. The van der Waals surface area contributed by atoms with Crippen LogP contribution >= 0.6 is 11.3 Å². The maximum atomic E-state index is 11.2. The first-order valence-corrected chi connectivity index (χ1v) is 13.4. The van der Waals surface area contributed by atoms with Crippen LogP contribution in [0.1, 0.15) is 24.8 Å². The van der Waals surface area contributed by atoms with E-state index in [4.69, 9.17) is 4.74 Å². The summed E-state index contributed by atoms with van der Waals surface area (Å²) in [5.74, 6) is 1.61. The number of ether oxygens (including phenoxy) is 1. The summed E-state index contributed by atoms with van der Waals surface area (Å²) in [5.41, 5.74) is 2.23. The highest BCUT2D eigenvalue weighted by Gasteiger charge is 2.24. The van der Waals surface area contributed by atoms with Crippen LogP contribution in [0.25, 0.3) is 10.2 Å². The highest BCUT2D eigenvalue weighted by Crippen LogP contribution is 2.31. The molecule has 8 heteroatoms. The molecule has 1 N–H and O–H groups in total. The quantitative estimate of drug-likeness (QED) is 0.409. The normalized spacial score (nSPS) is 14.4. The first-order chi connectivity index (χ1) is 14.9. The lowest BCUT2D eigenvalue weighted by Gasteiger charge is -2.22. The maximum Gasteiger partial charge on any atom is 0.279 e. The Morgan fingerprint density at radius 3 is 2.61 bits per heavy atom. The van der Waals surface area contributed by atoms with Crippen LogP contribution in [0.5, 0.6) is 10.9 Å². The topological polar surface area (TPSA) is 71.5 Å². The van der Waals surface area contributed by atoms with Crippen molar-refractivity contribution in [2.75, 3.05) is 32.4 Å². The predicted octanol–water partition coefficient (Wildman–Crippen LogP) is 4.28. The van der Waals surface area contributed by atoms with Gasteiger partial charge in [-0.3, -0.25) is 0 Å². The van der Waals surface area contributed by atoms with E-state index in [1.807, 2.05) is 36.4 Å². The third-order valence-corrected chi connectivity index (χ3v) is 6.99. The van der Waals surface area contributed by atoms with Crippen LogP contribution in [0, 0.1) is 5.92 Å². The summed E-state index contributed by atoms with van der Waals surface area (Å²) in [6.45, 7) is 3.50. The van der Waals surface area contributed by atoms with Gasteiger partial charge in [-0.2, -0.15) is 0 Å². The van der Waals surface area contributed by atoms with E-state index in [2.05, 4.69) is 26.7 Å². The van der Waals surface area contributed by atoms with Crippen LogP contribution in [0.15, 0.2) is 48.5 Å². The number of benzene rings is 2. The van der Waals surface area contributed by atoms with Crippen LogP contribution in [0.4, 0.5) is 0 Å².